The average Bonchev–Trinajstić information content (AvgIpc) is 3.54. The molecule has 0 nitrogen and oxygen atoms in total. The summed E-state index contributed by atoms with van der Waals surface area (Å²) in [5.74, 6) is 4.37. The van der Waals surface area contributed by atoms with Gasteiger partial charge >= 0.3 is 276 Å². The van der Waals surface area contributed by atoms with Crippen LogP contribution in [-0.4, -0.2) is 3.21 Å². The van der Waals surface area contributed by atoms with Crippen molar-refractivity contribution in [1.82, 2.24) is 0 Å². The monoisotopic (exact) mass is 656 g/mol. The molecule has 1 atom stereocenters. The number of benzene rings is 3. The molecule has 226 valence electrons. The molecule has 4 saturated carbocycles. The second-order valence-electron chi connectivity index (χ2n) is 16.0. The van der Waals surface area contributed by atoms with Crippen LogP contribution < -0.4 is 3.27 Å². The summed E-state index contributed by atoms with van der Waals surface area (Å²) in [4.78, 5) is 0. The summed E-state index contributed by atoms with van der Waals surface area (Å²) in [5.41, 5.74) is 17.1. The van der Waals surface area contributed by atoms with Crippen LogP contribution in [0.15, 0.2) is 63.5 Å². The Balaban J connectivity index is 1.33. The summed E-state index contributed by atoms with van der Waals surface area (Å²) in [7, 11) is 0. The van der Waals surface area contributed by atoms with Gasteiger partial charge in [0.05, 0.1) is 0 Å². The third kappa shape index (κ3) is 4.34. The van der Waals surface area contributed by atoms with E-state index in [0.29, 0.717) is 11.3 Å². The normalized spacial score (nSPS) is 30.2. The quantitative estimate of drug-likeness (QED) is 0.205. The first-order valence-electron chi connectivity index (χ1n) is 17.5. The van der Waals surface area contributed by atoms with Gasteiger partial charge in [-0.15, -0.1) is 0 Å². The van der Waals surface area contributed by atoms with E-state index in [0.717, 1.165) is 30.1 Å². The van der Waals surface area contributed by atoms with Crippen LogP contribution in [0, 0.1) is 69.6 Å². The molecule has 4 bridgehead atoms. The molecule has 0 aliphatic heterocycles. The third-order valence-corrected chi connectivity index (χ3v) is 21.8. The van der Waals surface area contributed by atoms with Gasteiger partial charge in [0.1, 0.15) is 0 Å². The number of aryl methyl sites for hydroxylation is 4. The average molecular weight is 658 g/mol. The predicted octanol–water partition coefficient (Wildman–Crippen LogP) is 10.2. The standard InChI is InChI=1S/C17H23.C17H17.C9H10.Zr/c1-11-3-4-14(5-11)17(2)15-7-12-6-13(9-15)10-16(17)8-12;1-10-5-14-9-15-6-11(2)13(4)8-17(15)16(14)7-12(10)3;1-3-9-6-4-8(2)5-7-9;/h4-5,11-13,15-16H,6-10H2,1-2H3;5,7-8H,9H2,1-4H3;4-7H,1-2H3;. The molecule has 1 heteroatoms. The Hall–Kier alpha value is -2.11. The fourth-order valence-corrected chi connectivity index (χ4v) is 19.2. The molecule has 0 N–H and O–H groups in total. The predicted molar refractivity (Wildman–Crippen MR) is 185 cm³/mol. The maximum absolute atomic E-state index is 2.84. The van der Waals surface area contributed by atoms with Crippen LogP contribution in [0.5, 0.6) is 0 Å². The van der Waals surface area contributed by atoms with Crippen LogP contribution in [0.4, 0.5) is 0 Å². The summed E-state index contributed by atoms with van der Waals surface area (Å²) in [6, 6.07) is 17.0. The van der Waals surface area contributed by atoms with Gasteiger partial charge in [-0.25, -0.2) is 0 Å². The van der Waals surface area contributed by atoms with E-state index in [4.69, 9.17) is 0 Å². The first kappa shape index (κ1) is 29.3. The van der Waals surface area contributed by atoms with Crippen molar-refractivity contribution in [3.8, 4) is 11.1 Å². The molecular formula is C43H50Zr. The van der Waals surface area contributed by atoms with Gasteiger partial charge in [-0.2, -0.15) is 0 Å². The summed E-state index contributed by atoms with van der Waals surface area (Å²) in [5, 5.41) is 0. The van der Waals surface area contributed by atoms with Gasteiger partial charge in [0.25, 0.3) is 0 Å². The van der Waals surface area contributed by atoms with Gasteiger partial charge in [0.15, 0.2) is 0 Å². The van der Waals surface area contributed by atoms with Crippen LogP contribution in [0.1, 0.15) is 97.4 Å². The molecule has 0 radical (unpaired) electrons. The maximum atomic E-state index is 2.84. The Labute approximate surface area is 274 Å². The number of rotatable bonds is 4. The van der Waals surface area contributed by atoms with E-state index in [1.165, 1.54) is 71.0 Å². The molecule has 6 aliphatic rings. The fourth-order valence-electron chi connectivity index (χ4n) is 10.7. The first-order chi connectivity index (χ1) is 21.0. The number of hydrogen-bond donors (Lipinski definition) is 0. The van der Waals surface area contributed by atoms with E-state index >= 15 is 0 Å². The van der Waals surface area contributed by atoms with Crippen LogP contribution in [0.25, 0.3) is 11.1 Å². The Morgan fingerprint density at radius 2 is 1.39 bits per heavy atom. The van der Waals surface area contributed by atoms with Crippen molar-refractivity contribution in [2.45, 2.75) is 93.9 Å². The van der Waals surface area contributed by atoms with Crippen molar-refractivity contribution < 1.29 is 21.3 Å². The molecule has 0 aromatic heterocycles. The first-order valence-corrected chi connectivity index (χ1v) is 21.2. The van der Waals surface area contributed by atoms with E-state index < -0.39 is 21.3 Å². The van der Waals surface area contributed by atoms with E-state index in [1.54, 1.807) is 28.7 Å². The van der Waals surface area contributed by atoms with Crippen LogP contribution in [0.3, 0.4) is 0 Å². The van der Waals surface area contributed by atoms with Crippen molar-refractivity contribution >= 4 is 6.48 Å². The van der Waals surface area contributed by atoms with Crippen molar-refractivity contribution in [2.75, 3.05) is 0 Å². The van der Waals surface area contributed by atoms with E-state index in [2.05, 4.69) is 110 Å². The minimum absolute atomic E-state index is 0.379. The van der Waals surface area contributed by atoms with Crippen molar-refractivity contribution in [2.24, 2.45) is 35.0 Å². The molecular weight excluding hydrogens is 608 g/mol. The van der Waals surface area contributed by atoms with Crippen LogP contribution in [-0.2, 0) is 27.7 Å². The van der Waals surface area contributed by atoms with Gasteiger partial charge in [0, 0.05) is 0 Å². The van der Waals surface area contributed by atoms with Gasteiger partial charge < -0.3 is 0 Å². The Kier molecular flexibility index (Phi) is 6.96. The van der Waals surface area contributed by atoms with Crippen molar-refractivity contribution in [3.63, 3.8) is 0 Å². The molecule has 3 aromatic rings. The van der Waals surface area contributed by atoms with E-state index in [9.17, 15) is 0 Å². The zero-order valence-corrected chi connectivity index (χ0v) is 30.8. The zero-order valence-electron chi connectivity index (χ0n) is 28.3. The van der Waals surface area contributed by atoms with Gasteiger partial charge in [-0.3, -0.25) is 0 Å². The number of hydrogen-bond acceptors (Lipinski definition) is 0. The number of fused-ring (bicyclic) bond motifs is 3. The molecule has 0 saturated heterocycles. The van der Waals surface area contributed by atoms with E-state index in [1.807, 2.05) is 3.28 Å². The summed E-state index contributed by atoms with van der Waals surface area (Å²) in [6.45, 7) is 19.4. The Bertz CT molecular complexity index is 1780. The fraction of sp³-hybridized carbons (Fsp3) is 0.465. The van der Waals surface area contributed by atoms with Crippen molar-refractivity contribution in [1.29, 1.82) is 0 Å². The summed E-state index contributed by atoms with van der Waals surface area (Å²) in [6.07, 6.45) is 14.2. The Morgan fingerprint density at radius 1 is 0.773 bits per heavy atom. The zero-order chi connectivity index (χ0) is 30.7. The second kappa shape index (κ2) is 10.5. The number of allylic oxidation sites excluding steroid dienone is 4. The summed E-state index contributed by atoms with van der Waals surface area (Å²) >= 11 is -2.58. The molecule has 0 heterocycles. The van der Waals surface area contributed by atoms with Gasteiger partial charge in [-0.05, 0) is 0 Å². The molecule has 4 fully saturated rings. The molecule has 1 unspecified atom stereocenters. The van der Waals surface area contributed by atoms with E-state index in [-0.39, 0.29) is 0 Å². The summed E-state index contributed by atoms with van der Waals surface area (Å²) < 4.78 is 5.32. The third-order valence-electron chi connectivity index (χ3n) is 13.4. The molecule has 44 heavy (non-hydrogen) atoms. The van der Waals surface area contributed by atoms with Crippen LogP contribution >= 0.6 is 0 Å². The second-order valence-corrected chi connectivity index (χ2v) is 22.3. The van der Waals surface area contributed by atoms with Crippen LogP contribution in [0.2, 0.25) is 0 Å². The van der Waals surface area contributed by atoms with Crippen molar-refractivity contribution in [3.05, 3.63) is 108 Å². The molecule has 0 spiro atoms. The molecule has 3 aromatic carbocycles. The topological polar surface area (TPSA) is 0 Å². The minimum atomic E-state index is -2.58. The molecule has 6 aliphatic carbocycles. The molecule has 0 amide bonds. The molecule has 9 rings (SSSR count). The van der Waals surface area contributed by atoms with Gasteiger partial charge in [0.2, 0.25) is 0 Å². The van der Waals surface area contributed by atoms with Gasteiger partial charge in [-0.1, -0.05) is 0 Å². The Morgan fingerprint density at radius 3 is 2.05 bits per heavy atom. The SMILES string of the molecule is C/[C](c1ccc(C)cc1)=[Zr](\[C]1=CC(C2(C)C3CC4CC(C3)CC2C4)=CC1C)[c]1c(C)c(C)cc2c1Cc1cc(C)c(C)cc1-2.